The molecule has 2 aliphatic carbocycles. The first-order valence-electron chi connectivity index (χ1n) is 23.0. The second-order valence-electron chi connectivity index (χ2n) is 19.9. The minimum atomic E-state index is -3.95. The molecule has 5 aliphatic rings. The van der Waals surface area contributed by atoms with Crippen LogP contribution < -0.4 is 19.5 Å². The number of nitrogens with one attached hydrogen (secondary N) is 2. The van der Waals surface area contributed by atoms with Gasteiger partial charge in [-0.3, -0.25) is 33.8 Å². The highest BCUT2D eigenvalue weighted by atomic mass is 32.2. The number of hydrogen-bond acceptors (Lipinski definition) is 11. The van der Waals surface area contributed by atoms with Gasteiger partial charge in [-0.05, 0) is 81.7 Å². The lowest BCUT2D eigenvalue weighted by Crippen LogP contribution is -2.57. The molecule has 3 aliphatic heterocycles. The largest absolute Gasteiger partial charge is 0.496 e. The van der Waals surface area contributed by atoms with Crippen LogP contribution in [0, 0.1) is 24.2 Å². The van der Waals surface area contributed by atoms with Crippen LogP contribution >= 0.6 is 0 Å². The van der Waals surface area contributed by atoms with E-state index in [0.717, 1.165) is 11.1 Å². The van der Waals surface area contributed by atoms with Crippen LogP contribution in [-0.4, -0.2) is 131 Å². The molecule has 5 fully saturated rings. The van der Waals surface area contributed by atoms with Crippen molar-refractivity contribution in [1.29, 1.82) is 0 Å². The highest BCUT2D eigenvalue weighted by Gasteiger charge is 2.62. The van der Waals surface area contributed by atoms with Gasteiger partial charge in [-0.2, -0.15) is 0 Å². The minimum absolute atomic E-state index is 0.00342. The van der Waals surface area contributed by atoms with Gasteiger partial charge < -0.3 is 24.6 Å². The van der Waals surface area contributed by atoms with Gasteiger partial charge in [0.25, 0.3) is 11.8 Å². The number of ether oxygens (including phenoxy) is 2. The van der Waals surface area contributed by atoms with Gasteiger partial charge in [0.05, 0.1) is 42.6 Å². The number of halogens is 2. The molecule has 2 aromatic heterocycles. The molecule has 18 heteroatoms. The second-order valence-corrected chi connectivity index (χ2v) is 21.8. The van der Waals surface area contributed by atoms with Crippen LogP contribution in [0.2, 0.25) is 0 Å². The number of methoxy groups -OCH3 is 1. The number of likely N-dealkylation sites (tertiary alicyclic amines) is 3. The van der Waals surface area contributed by atoms with Gasteiger partial charge in [0, 0.05) is 79.3 Å². The molecule has 8 rings (SSSR count). The van der Waals surface area contributed by atoms with E-state index < -0.39 is 73.9 Å². The standard InChI is InChI=1S/C48H61F2N7O8S/c1-7-31-25-48(31,45(61)54-66(62,63)34-11-12-34)53-43(59)38-22-33(65-40-24-37(30-10-8-18-51-26-30)52-42-29(2)39(64-6)14-13-35(40)42)27-57(38)44(60)36(46(3,4)5)23-41(58)55-20-15-32(16-21-55)56-19-9-17-47(49,50)28-56/h7-8,10,13-14,18,24,26,31-34,36,38H,1,9,11-12,15-17,19-23,25,27-28H2,2-6H3,(H,53,59)(H,54,61)/t31-,33-,36-,38+,48-/m1/s1. The zero-order valence-electron chi connectivity index (χ0n) is 38.4. The lowest BCUT2D eigenvalue weighted by molar-refractivity contribution is -0.149. The predicted octanol–water partition coefficient (Wildman–Crippen LogP) is 5.41. The van der Waals surface area contributed by atoms with E-state index in [1.807, 2.05) is 50.8 Å². The first-order chi connectivity index (χ1) is 31.2. The van der Waals surface area contributed by atoms with E-state index in [1.54, 1.807) is 36.5 Å². The van der Waals surface area contributed by atoms with E-state index in [1.165, 1.54) is 11.0 Å². The Morgan fingerprint density at radius 1 is 1.06 bits per heavy atom. The summed E-state index contributed by atoms with van der Waals surface area (Å²) in [5.41, 5.74) is 0.340. The molecular formula is C48H61F2N7O8S. The normalized spacial score (nSPS) is 25.2. The molecule has 2 N–H and O–H groups in total. The molecule has 2 saturated carbocycles. The van der Waals surface area contributed by atoms with Gasteiger partial charge >= 0.3 is 0 Å². The third kappa shape index (κ3) is 9.76. The molecule has 0 bridgehead atoms. The third-order valence-corrected chi connectivity index (χ3v) is 16.0. The summed E-state index contributed by atoms with van der Waals surface area (Å²) in [7, 11) is -2.37. The number of aryl methyl sites for hydroxylation is 1. The number of amides is 4. The van der Waals surface area contributed by atoms with Crippen molar-refractivity contribution in [2.45, 2.75) is 120 Å². The van der Waals surface area contributed by atoms with Crippen LogP contribution in [0.5, 0.6) is 11.5 Å². The Kier molecular flexibility index (Phi) is 13.0. The summed E-state index contributed by atoms with van der Waals surface area (Å²) >= 11 is 0. The quantitative estimate of drug-likeness (QED) is 0.198. The average molecular weight is 934 g/mol. The van der Waals surface area contributed by atoms with Crippen molar-refractivity contribution in [1.82, 2.24) is 34.7 Å². The molecule has 15 nitrogen and oxygen atoms in total. The zero-order chi connectivity index (χ0) is 47.3. The van der Waals surface area contributed by atoms with Crippen molar-refractivity contribution in [2.24, 2.45) is 17.3 Å². The number of hydrogen-bond donors (Lipinski definition) is 2. The number of aromatic nitrogens is 2. The van der Waals surface area contributed by atoms with Gasteiger partial charge in [0.2, 0.25) is 27.7 Å². The number of carbonyl (C=O) groups excluding carboxylic acids is 4. The van der Waals surface area contributed by atoms with Crippen molar-refractivity contribution in [3.63, 3.8) is 0 Å². The van der Waals surface area contributed by atoms with E-state index in [4.69, 9.17) is 14.5 Å². The lowest BCUT2D eigenvalue weighted by Gasteiger charge is -2.42. The van der Waals surface area contributed by atoms with Gasteiger partial charge in [-0.15, -0.1) is 6.58 Å². The number of nitrogens with zero attached hydrogens (tertiary/aromatic N) is 5. The van der Waals surface area contributed by atoms with Gasteiger partial charge in [-0.25, -0.2) is 22.2 Å². The fourth-order valence-corrected chi connectivity index (χ4v) is 11.4. The van der Waals surface area contributed by atoms with Crippen LogP contribution in [0.4, 0.5) is 8.78 Å². The maximum absolute atomic E-state index is 15.2. The van der Waals surface area contributed by atoms with Crippen LogP contribution in [0.15, 0.2) is 55.4 Å². The van der Waals surface area contributed by atoms with Gasteiger partial charge in [0.15, 0.2) is 0 Å². The summed E-state index contributed by atoms with van der Waals surface area (Å²) < 4.78 is 69.0. The highest BCUT2D eigenvalue weighted by Crippen LogP contribution is 2.46. The maximum Gasteiger partial charge on any atom is 0.260 e. The third-order valence-electron chi connectivity index (χ3n) is 14.2. The van der Waals surface area contributed by atoms with Gasteiger partial charge in [0.1, 0.15) is 29.2 Å². The Hall–Kier alpha value is -5.23. The molecule has 5 heterocycles. The highest BCUT2D eigenvalue weighted by molar-refractivity contribution is 7.91. The smallest absolute Gasteiger partial charge is 0.260 e. The molecule has 3 saturated heterocycles. The Bertz CT molecular complexity index is 2490. The zero-order valence-corrected chi connectivity index (χ0v) is 39.2. The van der Waals surface area contributed by atoms with E-state index in [9.17, 15) is 31.6 Å². The van der Waals surface area contributed by atoms with E-state index >= 15 is 4.79 Å². The predicted molar refractivity (Wildman–Crippen MR) is 243 cm³/mol. The first kappa shape index (κ1) is 47.3. The van der Waals surface area contributed by atoms with Crippen molar-refractivity contribution in [2.75, 3.05) is 39.8 Å². The maximum atomic E-state index is 15.2. The monoisotopic (exact) mass is 933 g/mol. The molecule has 0 radical (unpaired) electrons. The Labute approximate surface area is 385 Å². The first-order valence-corrected chi connectivity index (χ1v) is 24.5. The number of sulfonamides is 1. The van der Waals surface area contributed by atoms with Gasteiger partial charge in [-0.1, -0.05) is 26.8 Å². The summed E-state index contributed by atoms with van der Waals surface area (Å²) in [6, 6.07) is 7.88. The fourth-order valence-electron chi connectivity index (χ4n) is 9.99. The van der Waals surface area contributed by atoms with Crippen molar-refractivity contribution >= 4 is 44.6 Å². The minimum Gasteiger partial charge on any atom is -0.496 e. The van der Waals surface area contributed by atoms with E-state index in [-0.39, 0.29) is 50.7 Å². The summed E-state index contributed by atoms with van der Waals surface area (Å²) in [6.45, 7) is 12.3. The van der Waals surface area contributed by atoms with E-state index in [2.05, 4.69) is 21.6 Å². The molecule has 4 amide bonds. The van der Waals surface area contributed by atoms with Crippen LogP contribution in [0.1, 0.15) is 84.1 Å². The molecular weight excluding hydrogens is 873 g/mol. The van der Waals surface area contributed by atoms with E-state index in [0.29, 0.717) is 79.8 Å². The van der Waals surface area contributed by atoms with Crippen LogP contribution in [-0.2, 0) is 29.2 Å². The lowest BCUT2D eigenvalue weighted by atomic mass is 9.77. The van der Waals surface area contributed by atoms with Crippen LogP contribution in [0.3, 0.4) is 0 Å². The number of carbonyl (C=O) groups is 4. The molecule has 5 atom stereocenters. The number of fused-ring (bicyclic) bond motifs is 1. The fraction of sp³-hybridized carbons (Fsp3) is 0.583. The molecule has 66 heavy (non-hydrogen) atoms. The summed E-state index contributed by atoms with van der Waals surface area (Å²) in [5, 5.41) is 2.85. The number of pyridine rings is 2. The SMILES string of the molecule is C=C[C@@H]1C[C@]1(NC(=O)[C@@H]1C[C@@H](Oc2cc(-c3cccnc3)nc3c(C)c(OC)ccc23)CN1C(=O)[C@@H](CC(=O)N1CCC(N2CCCC(F)(F)C2)CC1)C(C)(C)C)C(=O)NS(=O)(=O)C1CC1. The summed E-state index contributed by atoms with van der Waals surface area (Å²) in [4.78, 5) is 72.0. The summed E-state index contributed by atoms with van der Waals surface area (Å²) in [5.74, 6) is -5.33. The summed E-state index contributed by atoms with van der Waals surface area (Å²) in [6.07, 6.45) is 6.34. The van der Waals surface area contributed by atoms with Crippen molar-refractivity contribution < 1.29 is 45.9 Å². The number of benzene rings is 1. The molecule has 0 unspecified atom stereocenters. The Balaban J connectivity index is 1.07. The molecule has 1 aromatic carbocycles. The van der Waals surface area contributed by atoms with Crippen LogP contribution in [0.25, 0.3) is 22.2 Å². The number of rotatable bonds is 14. The Morgan fingerprint density at radius 2 is 1.80 bits per heavy atom. The topological polar surface area (TPSA) is 180 Å². The second kappa shape index (κ2) is 18.1. The van der Waals surface area contributed by atoms with Crippen molar-refractivity contribution in [3.05, 3.63) is 60.9 Å². The molecule has 0 spiro atoms. The van der Waals surface area contributed by atoms with Crippen molar-refractivity contribution in [3.8, 4) is 22.8 Å². The Morgan fingerprint density at radius 3 is 2.42 bits per heavy atom. The number of alkyl halides is 2. The average Bonchev–Trinajstić information content (AvgIpc) is 4.22. The molecule has 356 valence electrons. The molecule has 3 aromatic rings. The number of piperidine rings is 2.